The van der Waals surface area contributed by atoms with Crippen molar-refractivity contribution in [1.82, 2.24) is 14.7 Å². The Morgan fingerprint density at radius 1 is 1.10 bits per heavy atom. The summed E-state index contributed by atoms with van der Waals surface area (Å²) in [5.74, 6) is -0.150. The van der Waals surface area contributed by atoms with Crippen LogP contribution in [0.25, 0.3) is 0 Å². The first-order valence-electron chi connectivity index (χ1n) is 10.0. The summed E-state index contributed by atoms with van der Waals surface area (Å²) in [6, 6.07) is 7.89. The zero-order chi connectivity index (χ0) is 21.0. The third-order valence-electron chi connectivity index (χ3n) is 5.62. The van der Waals surface area contributed by atoms with E-state index in [9.17, 15) is 14.4 Å². The van der Waals surface area contributed by atoms with Crippen LogP contribution in [0.4, 0.5) is 5.69 Å². The third-order valence-corrected chi connectivity index (χ3v) is 6.36. The van der Waals surface area contributed by atoms with Crippen molar-refractivity contribution in [1.29, 1.82) is 0 Å². The Hall–Kier alpha value is -2.06. The normalized spacial score (nSPS) is 20.7. The van der Waals surface area contributed by atoms with Gasteiger partial charge in [0.15, 0.2) is 0 Å². The molecule has 2 aliphatic rings. The van der Waals surface area contributed by atoms with E-state index in [1.165, 1.54) is 0 Å². The van der Waals surface area contributed by atoms with Crippen molar-refractivity contribution >= 4 is 35.2 Å². The van der Waals surface area contributed by atoms with Gasteiger partial charge in [-0.2, -0.15) is 0 Å². The van der Waals surface area contributed by atoms with Crippen LogP contribution in [-0.4, -0.2) is 92.0 Å². The van der Waals surface area contributed by atoms with Gasteiger partial charge in [-0.25, -0.2) is 0 Å². The molecule has 0 saturated carbocycles. The molecule has 0 N–H and O–H groups in total. The number of carbonyl (C=O) groups is 3. The molecule has 0 spiro atoms. The van der Waals surface area contributed by atoms with Crippen LogP contribution in [0, 0.1) is 5.92 Å². The van der Waals surface area contributed by atoms with Crippen molar-refractivity contribution in [3.63, 3.8) is 0 Å². The Morgan fingerprint density at radius 2 is 1.83 bits per heavy atom. The van der Waals surface area contributed by atoms with Crippen LogP contribution in [0.1, 0.15) is 12.8 Å². The molecular formula is C21H30N4O3S. The second-order valence-electron chi connectivity index (χ2n) is 7.85. The molecule has 3 amide bonds. The van der Waals surface area contributed by atoms with Crippen molar-refractivity contribution in [2.45, 2.75) is 17.7 Å². The van der Waals surface area contributed by atoms with Gasteiger partial charge in [0.2, 0.25) is 17.7 Å². The minimum Gasteiger partial charge on any atom is -0.348 e. The van der Waals surface area contributed by atoms with E-state index >= 15 is 0 Å². The van der Waals surface area contributed by atoms with Gasteiger partial charge in [0.05, 0.1) is 12.5 Å². The number of nitrogens with zero attached hydrogens (tertiary/aromatic N) is 4. The minimum atomic E-state index is -0.294. The highest BCUT2D eigenvalue weighted by molar-refractivity contribution is 7.98. The summed E-state index contributed by atoms with van der Waals surface area (Å²) in [5.41, 5.74) is 0.854. The number of thioether (sulfide) groups is 1. The van der Waals surface area contributed by atoms with Crippen molar-refractivity contribution in [2.75, 3.05) is 64.5 Å². The maximum Gasteiger partial charge on any atom is 0.236 e. The highest BCUT2D eigenvalue weighted by atomic mass is 32.2. The molecule has 1 unspecified atom stereocenters. The molecule has 2 heterocycles. The zero-order valence-electron chi connectivity index (χ0n) is 17.5. The molecule has 0 aliphatic carbocycles. The van der Waals surface area contributed by atoms with E-state index < -0.39 is 0 Å². The summed E-state index contributed by atoms with van der Waals surface area (Å²) in [6.45, 7) is 3.60. The highest BCUT2D eigenvalue weighted by Gasteiger charge is 2.37. The van der Waals surface area contributed by atoms with E-state index in [0.29, 0.717) is 32.7 Å². The first-order valence-corrected chi connectivity index (χ1v) is 11.3. The Labute approximate surface area is 177 Å². The maximum absolute atomic E-state index is 13.1. The van der Waals surface area contributed by atoms with Crippen molar-refractivity contribution in [2.24, 2.45) is 5.92 Å². The molecule has 3 rings (SSSR count). The van der Waals surface area contributed by atoms with Crippen molar-refractivity contribution in [3.05, 3.63) is 24.3 Å². The van der Waals surface area contributed by atoms with Crippen LogP contribution in [-0.2, 0) is 14.4 Å². The summed E-state index contributed by atoms with van der Waals surface area (Å²) in [5, 5.41) is 0. The summed E-state index contributed by atoms with van der Waals surface area (Å²) in [4.78, 5) is 46.0. The number of rotatable bonds is 5. The zero-order valence-corrected chi connectivity index (χ0v) is 18.3. The fraction of sp³-hybridized carbons (Fsp3) is 0.571. The standard InChI is InChI=1S/C21H30N4O3S/c1-22(2)20(27)15-23-9-4-10-24(12-11-23)21(28)16-13-19(26)25(14-16)17-5-7-18(29-3)8-6-17/h5-8,16H,4,9-15H2,1-3H3. The molecule has 29 heavy (non-hydrogen) atoms. The average molecular weight is 419 g/mol. The van der Waals surface area contributed by atoms with Gasteiger partial charge in [-0.3, -0.25) is 19.3 Å². The Bertz CT molecular complexity index is 753. The lowest BCUT2D eigenvalue weighted by Gasteiger charge is -2.25. The van der Waals surface area contributed by atoms with Crippen LogP contribution in [0.5, 0.6) is 0 Å². The number of hydrogen-bond acceptors (Lipinski definition) is 5. The fourth-order valence-corrected chi connectivity index (χ4v) is 4.23. The van der Waals surface area contributed by atoms with Gasteiger partial charge >= 0.3 is 0 Å². The maximum atomic E-state index is 13.1. The molecule has 2 fully saturated rings. The summed E-state index contributed by atoms with van der Waals surface area (Å²) < 4.78 is 0. The molecule has 158 valence electrons. The quantitative estimate of drug-likeness (QED) is 0.676. The number of anilines is 1. The number of amides is 3. The molecule has 2 saturated heterocycles. The number of benzene rings is 1. The summed E-state index contributed by atoms with van der Waals surface area (Å²) in [7, 11) is 3.51. The van der Waals surface area contributed by atoms with Crippen molar-refractivity contribution in [3.8, 4) is 0 Å². The van der Waals surface area contributed by atoms with Gasteiger partial charge < -0.3 is 14.7 Å². The molecule has 8 heteroatoms. The molecule has 0 aromatic heterocycles. The molecule has 1 aromatic carbocycles. The van der Waals surface area contributed by atoms with E-state index in [2.05, 4.69) is 4.90 Å². The summed E-state index contributed by atoms with van der Waals surface area (Å²) >= 11 is 1.66. The van der Waals surface area contributed by atoms with Crippen LogP contribution < -0.4 is 4.90 Å². The predicted molar refractivity (Wildman–Crippen MR) is 115 cm³/mol. The lowest BCUT2D eigenvalue weighted by molar-refractivity contribution is -0.135. The molecule has 2 aliphatic heterocycles. The van der Waals surface area contributed by atoms with Crippen molar-refractivity contribution < 1.29 is 14.4 Å². The molecule has 1 aromatic rings. The topological polar surface area (TPSA) is 64.2 Å². The third kappa shape index (κ3) is 5.30. The monoisotopic (exact) mass is 418 g/mol. The van der Waals surface area contributed by atoms with E-state index in [1.54, 1.807) is 35.7 Å². The second kappa shape index (κ2) is 9.63. The van der Waals surface area contributed by atoms with Gasteiger partial charge in [-0.15, -0.1) is 11.8 Å². The number of carbonyl (C=O) groups excluding carboxylic acids is 3. The molecule has 0 radical (unpaired) electrons. The first-order chi connectivity index (χ1) is 13.9. The van der Waals surface area contributed by atoms with Gasteiger partial charge in [0.25, 0.3) is 0 Å². The summed E-state index contributed by atoms with van der Waals surface area (Å²) in [6.07, 6.45) is 3.12. The smallest absolute Gasteiger partial charge is 0.236 e. The van der Waals surface area contributed by atoms with Crippen LogP contribution >= 0.6 is 11.8 Å². The highest BCUT2D eigenvalue weighted by Crippen LogP contribution is 2.28. The molecule has 0 bridgehead atoms. The van der Waals surface area contributed by atoms with Gasteiger partial charge in [0, 0.05) is 63.8 Å². The lowest BCUT2D eigenvalue weighted by Crippen LogP contribution is -2.41. The van der Waals surface area contributed by atoms with Gasteiger partial charge in [-0.05, 0) is 36.9 Å². The van der Waals surface area contributed by atoms with E-state index in [-0.39, 0.29) is 30.1 Å². The van der Waals surface area contributed by atoms with Gasteiger partial charge in [-0.1, -0.05) is 0 Å². The minimum absolute atomic E-state index is 0.00767. The lowest BCUT2D eigenvalue weighted by atomic mass is 10.1. The molecular weight excluding hydrogens is 388 g/mol. The molecule has 1 atom stereocenters. The largest absolute Gasteiger partial charge is 0.348 e. The number of likely N-dealkylation sites (N-methyl/N-ethyl adjacent to an activating group) is 1. The van der Waals surface area contributed by atoms with Gasteiger partial charge in [0.1, 0.15) is 0 Å². The average Bonchev–Trinajstić information content (AvgIpc) is 2.95. The second-order valence-corrected chi connectivity index (χ2v) is 8.73. The SMILES string of the molecule is CSc1ccc(N2CC(C(=O)N3CCCN(CC(=O)N(C)C)CC3)CC2=O)cc1. The van der Waals surface area contributed by atoms with E-state index in [0.717, 1.165) is 23.5 Å². The van der Waals surface area contributed by atoms with E-state index in [4.69, 9.17) is 0 Å². The Balaban J connectivity index is 1.57. The van der Waals surface area contributed by atoms with E-state index in [1.807, 2.05) is 35.4 Å². The fourth-order valence-electron chi connectivity index (χ4n) is 3.83. The van der Waals surface area contributed by atoms with Crippen LogP contribution in [0.15, 0.2) is 29.2 Å². The Morgan fingerprint density at radius 3 is 2.48 bits per heavy atom. The Kier molecular flexibility index (Phi) is 7.18. The number of hydrogen-bond donors (Lipinski definition) is 0. The predicted octanol–water partition coefficient (Wildman–Crippen LogP) is 1.38. The molecule has 7 nitrogen and oxygen atoms in total. The van der Waals surface area contributed by atoms with Crippen LogP contribution in [0.3, 0.4) is 0 Å². The van der Waals surface area contributed by atoms with Crippen LogP contribution in [0.2, 0.25) is 0 Å². The first kappa shape index (κ1) is 21.6.